The Hall–Kier alpha value is -1.60. The fraction of sp³-hybridized carbons (Fsp3) is 0.529. The van der Waals surface area contributed by atoms with Crippen molar-refractivity contribution in [3.05, 3.63) is 34.3 Å². The van der Waals surface area contributed by atoms with Crippen LogP contribution in [0.25, 0.3) is 0 Å². The van der Waals surface area contributed by atoms with E-state index in [1.807, 2.05) is 31.3 Å². The molecule has 0 spiro atoms. The smallest absolute Gasteiger partial charge is 0.315 e. The molecule has 0 aromatic heterocycles. The van der Waals surface area contributed by atoms with Crippen LogP contribution < -0.4 is 21.3 Å². The number of urea groups is 1. The minimum atomic E-state index is -0.783. The Morgan fingerprint density at radius 2 is 1.92 bits per heavy atom. The molecule has 3 amide bonds. The molecule has 24 heavy (non-hydrogen) atoms. The van der Waals surface area contributed by atoms with Gasteiger partial charge in [0, 0.05) is 24.1 Å². The average Bonchev–Trinajstić information content (AvgIpc) is 3.03. The number of carbonyl (C=O) groups excluding carboxylic acids is 2. The predicted molar refractivity (Wildman–Crippen MR) is 97.6 cm³/mol. The Balaban J connectivity index is 1.89. The lowest BCUT2D eigenvalue weighted by molar-refractivity contribution is -0.127. The van der Waals surface area contributed by atoms with Gasteiger partial charge in [-0.3, -0.25) is 4.79 Å². The monoisotopic (exact) mass is 396 g/mol. The molecule has 1 fully saturated rings. The molecule has 132 valence electrons. The number of benzene rings is 1. The van der Waals surface area contributed by atoms with Gasteiger partial charge in [0.25, 0.3) is 0 Å². The standard InChI is InChI=1S/C17H25BrN4O2/c1-19-9-10-20-15(23)17(7-2-3-8-17)22-16(24)21-12-13-5-4-6-14(18)11-13/h4-6,11,19H,2-3,7-10,12H2,1H3,(H,20,23)(H2,21,22,24). The van der Waals surface area contributed by atoms with E-state index < -0.39 is 5.54 Å². The van der Waals surface area contributed by atoms with E-state index in [0.717, 1.165) is 22.9 Å². The first-order valence-corrected chi connectivity index (χ1v) is 9.08. The largest absolute Gasteiger partial charge is 0.353 e. The summed E-state index contributed by atoms with van der Waals surface area (Å²) >= 11 is 3.41. The molecule has 0 unspecified atom stereocenters. The van der Waals surface area contributed by atoms with Crippen LogP contribution in [0.5, 0.6) is 0 Å². The van der Waals surface area contributed by atoms with Crippen LogP contribution in [0.15, 0.2) is 28.7 Å². The summed E-state index contributed by atoms with van der Waals surface area (Å²) in [5.41, 5.74) is 0.216. The molecule has 0 atom stereocenters. The van der Waals surface area contributed by atoms with Crippen molar-refractivity contribution in [3.8, 4) is 0 Å². The Morgan fingerprint density at radius 1 is 1.17 bits per heavy atom. The third-order valence-electron chi connectivity index (χ3n) is 4.25. The summed E-state index contributed by atoms with van der Waals surface area (Å²) < 4.78 is 0.971. The number of rotatable bonds is 7. The predicted octanol–water partition coefficient (Wildman–Crippen LogP) is 1.90. The lowest BCUT2D eigenvalue weighted by Gasteiger charge is -2.29. The Labute approximate surface area is 151 Å². The number of halogens is 1. The number of hydrogen-bond acceptors (Lipinski definition) is 3. The second-order valence-electron chi connectivity index (χ2n) is 6.09. The van der Waals surface area contributed by atoms with Crippen LogP contribution in [-0.4, -0.2) is 37.6 Å². The van der Waals surface area contributed by atoms with Gasteiger partial charge in [0.2, 0.25) is 5.91 Å². The van der Waals surface area contributed by atoms with Gasteiger partial charge in [0.15, 0.2) is 0 Å². The van der Waals surface area contributed by atoms with Gasteiger partial charge < -0.3 is 21.3 Å². The minimum absolute atomic E-state index is 0.0899. The highest BCUT2D eigenvalue weighted by atomic mass is 79.9. The molecular weight excluding hydrogens is 372 g/mol. The first kappa shape index (κ1) is 18.7. The van der Waals surface area contributed by atoms with Crippen molar-refractivity contribution in [2.75, 3.05) is 20.1 Å². The lowest BCUT2D eigenvalue weighted by Crippen LogP contribution is -2.59. The molecule has 1 aliphatic carbocycles. The van der Waals surface area contributed by atoms with Crippen LogP contribution in [-0.2, 0) is 11.3 Å². The van der Waals surface area contributed by atoms with Crippen LogP contribution in [0.4, 0.5) is 4.79 Å². The summed E-state index contributed by atoms with van der Waals surface area (Å²) in [5, 5.41) is 11.6. The first-order valence-electron chi connectivity index (χ1n) is 8.29. The second-order valence-corrected chi connectivity index (χ2v) is 7.00. The number of carbonyl (C=O) groups is 2. The van der Waals surface area contributed by atoms with E-state index in [2.05, 4.69) is 37.2 Å². The zero-order valence-electron chi connectivity index (χ0n) is 14.0. The van der Waals surface area contributed by atoms with Gasteiger partial charge >= 0.3 is 6.03 Å². The summed E-state index contributed by atoms with van der Waals surface area (Å²) in [6, 6.07) is 7.46. The van der Waals surface area contributed by atoms with Crippen LogP contribution in [0, 0.1) is 0 Å². The van der Waals surface area contributed by atoms with Gasteiger partial charge in [0.05, 0.1) is 0 Å². The van der Waals surface area contributed by atoms with Gasteiger partial charge in [0.1, 0.15) is 5.54 Å². The zero-order valence-corrected chi connectivity index (χ0v) is 15.5. The first-order chi connectivity index (χ1) is 11.6. The van der Waals surface area contributed by atoms with Crippen molar-refractivity contribution in [1.29, 1.82) is 0 Å². The van der Waals surface area contributed by atoms with Crippen LogP contribution in [0.1, 0.15) is 31.2 Å². The lowest BCUT2D eigenvalue weighted by atomic mass is 9.96. The molecule has 0 bridgehead atoms. The SMILES string of the molecule is CNCCNC(=O)C1(NC(=O)NCc2cccc(Br)c2)CCCC1. The summed E-state index contributed by atoms with van der Waals surface area (Å²) in [4.78, 5) is 24.8. The van der Waals surface area contributed by atoms with Gasteiger partial charge in [-0.25, -0.2) is 4.79 Å². The van der Waals surface area contributed by atoms with Crippen molar-refractivity contribution in [3.63, 3.8) is 0 Å². The summed E-state index contributed by atoms with van der Waals surface area (Å²) in [7, 11) is 1.84. The molecule has 1 aliphatic rings. The minimum Gasteiger partial charge on any atom is -0.353 e. The molecule has 1 aromatic carbocycles. The van der Waals surface area contributed by atoms with Gasteiger partial charge in [-0.1, -0.05) is 40.9 Å². The van der Waals surface area contributed by atoms with E-state index in [0.29, 0.717) is 32.5 Å². The maximum absolute atomic E-state index is 12.5. The third-order valence-corrected chi connectivity index (χ3v) is 4.74. The van der Waals surface area contributed by atoms with E-state index in [-0.39, 0.29) is 11.9 Å². The van der Waals surface area contributed by atoms with Crippen molar-refractivity contribution in [2.45, 2.75) is 37.8 Å². The van der Waals surface area contributed by atoms with Gasteiger partial charge in [-0.2, -0.15) is 0 Å². The fourth-order valence-electron chi connectivity index (χ4n) is 2.95. The Bertz CT molecular complexity index is 573. The van der Waals surface area contributed by atoms with Crippen LogP contribution in [0.3, 0.4) is 0 Å². The molecule has 4 N–H and O–H groups in total. The normalized spacial score (nSPS) is 15.8. The average molecular weight is 397 g/mol. The molecule has 0 aliphatic heterocycles. The highest BCUT2D eigenvalue weighted by Crippen LogP contribution is 2.29. The van der Waals surface area contributed by atoms with E-state index in [9.17, 15) is 9.59 Å². The number of amides is 3. The summed E-state index contributed by atoms with van der Waals surface area (Å²) in [5.74, 6) is -0.0899. The van der Waals surface area contributed by atoms with Gasteiger partial charge in [-0.05, 0) is 37.6 Å². The van der Waals surface area contributed by atoms with Crippen molar-refractivity contribution < 1.29 is 9.59 Å². The number of likely N-dealkylation sites (N-methyl/N-ethyl adjacent to an activating group) is 1. The van der Waals surface area contributed by atoms with Crippen molar-refractivity contribution in [2.24, 2.45) is 0 Å². The van der Waals surface area contributed by atoms with Crippen molar-refractivity contribution >= 4 is 27.9 Å². The maximum Gasteiger partial charge on any atom is 0.315 e. The van der Waals surface area contributed by atoms with Gasteiger partial charge in [-0.15, -0.1) is 0 Å². The highest BCUT2D eigenvalue weighted by molar-refractivity contribution is 9.10. The second kappa shape index (κ2) is 9.03. The Kier molecular flexibility index (Phi) is 7.05. The van der Waals surface area contributed by atoms with E-state index in [4.69, 9.17) is 0 Å². The highest BCUT2D eigenvalue weighted by Gasteiger charge is 2.42. The van der Waals surface area contributed by atoms with Crippen LogP contribution in [0.2, 0.25) is 0 Å². The molecular formula is C17H25BrN4O2. The quantitative estimate of drug-likeness (QED) is 0.531. The maximum atomic E-state index is 12.5. The van der Waals surface area contributed by atoms with Crippen LogP contribution >= 0.6 is 15.9 Å². The van der Waals surface area contributed by atoms with E-state index in [1.165, 1.54) is 0 Å². The topological polar surface area (TPSA) is 82.3 Å². The zero-order chi connectivity index (χ0) is 17.4. The molecule has 1 aromatic rings. The molecule has 1 saturated carbocycles. The third kappa shape index (κ3) is 5.21. The molecule has 6 nitrogen and oxygen atoms in total. The van der Waals surface area contributed by atoms with E-state index in [1.54, 1.807) is 0 Å². The molecule has 0 heterocycles. The fourth-order valence-corrected chi connectivity index (χ4v) is 3.40. The molecule has 7 heteroatoms. The molecule has 0 radical (unpaired) electrons. The molecule has 2 rings (SSSR count). The number of nitrogens with one attached hydrogen (secondary N) is 4. The summed E-state index contributed by atoms with van der Waals surface area (Å²) in [6.07, 6.45) is 3.27. The summed E-state index contributed by atoms with van der Waals surface area (Å²) in [6.45, 7) is 1.68. The number of hydrogen-bond donors (Lipinski definition) is 4. The van der Waals surface area contributed by atoms with E-state index >= 15 is 0 Å². The molecule has 0 saturated heterocycles. The Morgan fingerprint density at radius 3 is 2.58 bits per heavy atom. The van der Waals surface area contributed by atoms with Crippen molar-refractivity contribution in [1.82, 2.24) is 21.3 Å².